The molecule has 0 saturated carbocycles. The summed E-state index contributed by atoms with van der Waals surface area (Å²) in [5.41, 5.74) is 0. The second-order valence-electron chi connectivity index (χ2n) is 4.38. The molecule has 0 saturated heterocycles. The molecular weight excluding hydrogens is 244 g/mol. The van der Waals surface area contributed by atoms with E-state index >= 15 is 0 Å². The first-order valence-corrected chi connectivity index (χ1v) is 6.74. The van der Waals surface area contributed by atoms with Crippen LogP contribution in [0.5, 0.6) is 11.5 Å². The summed E-state index contributed by atoms with van der Waals surface area (Å²) in [4.78, 5) is 11.8. The number of ether oxygens (including phenoxy) is 2. The van der Waals surface area contributed by atoms with Gasteiger partial charge >= 0.3 is 5.97 Å². The Bertz CT molecular complexity index is 385. The minimum Gasteiger partial charge on any atom is -0.487 e. The van der Waals surface area contributed by atoms with Gasteiger partial charge in [-0.15, -0.1) is 0 Å². The fourth-order valence-electron chi connectivity index (χ4n) is 1.79. The normalized spacial score (nSPS) is 10.5. The number of aliphatic hydroxyl groups excluding tert-OH is 1. The Morgan fingerprint density at radius 1 is 1.21 bits per heavy atom. The van der Waals surface area contributed by atoms with Crippen molar-refractivity contribution >= 4 is 5.97 Å². The lowest BCUT2D eigenvalue weighted by Gasteiger charge is -2.13. The van der Waals surface area contributed by atoms with E-state index in [2.05, 4.69) is 13.8 Å². The smallest absolute Gasteiger partial charge is 0.311 e. The minimum atomic E-state index is -0.242. The molecular formula is C15H22O4. The van der Waals surface area contributed by atoms with Gasteiger partial charge in [-0.25, -0.2) is 0 Å². The van der Waals surface area contributed by atoms with Crippen LogP contribution >= 0.6 is 0 Å². The second-order valence-corrected chi connectivity index (χ2v) is 4.38. The molecule has 1 aromatic rings. The van der Waals surface area contributed by atoms with Crippen molar-refractivity contribution in [3.63, 3.8) is 0 Å². The van der Waals surface area contributed by atoms with Gasteiger partial charge in [-0.1, -0.05) is 38.8 Å². The number of benzene rings is 1. The van der Waals surface area contributed by atoms with Crippen molar-refractivity contribution in [1.29, 1.82) is 0 Å². The predicted molar refractivity (Wildman–Crippen MR) is 73.3 cm³/mol. The third-order valence-electron chi connectivity index (χ3n) is 3.03. The first-order chi connectivity index (χ1) is 9.21. The Morgan fingerprint density at radius 2 is 1.84 bits per heavy atom. The molecule has 0 heterocycles. The van der Waals surface area contributed by atoms with Crippen molar-refractivity contribution in [1.82, 2.24) is 0 Å². The lowest BCUT2D eigenvalue weighted by molar-refractivity contribution is -0.135. The van der Waals surface area contributed by atoms with Crippen LogP contribution in [0.3, 0.4) is 0 Å². The molecule has 1 aromatic carbocycles. The van der Waals surface area contributed by atoms with Gasteiger partial charge in [-0.05, 0) is 18.1 Å². The number of carbonyl (C=O) groups is 1. The van der Waals surface area contributed by atoms with E-state index in [0.29, 0.717) is 23.8 Å². The number of aliphatic hydroxyl groups is 1. The van der Waals surface area contributed by atoms with Crippen molar-refractivity contribution < 1.29 is 19.4 Å². The standard InChI is InChI=1S/C15H22O4/c1-3-12(4-2)11-15(17)19-14-8-6-5-7-13(14)18-10-9-16/h5-8,12,16H,3-4,9-11H2,1-2H3. The number of rotatable bonds is 8. The molecule has 1 rings (SSSR count). The van der Waals surface area contributed by atoms with E-state index < -0.39 is 0 Å². The van der Waals surface area contributed by atoms with E-state index in [9.17, 15) is 4.79 Å². The van der Waals surface area contributed by atoms with Crippen LogP contribution in [-0.4, -0.2) is 24.3 Å². The van der Waals surface area contributed by atoms with Crippen molar-refractivity contribution in [3.05, 3.63) is 24.3 Å². The molecule has 0 amide bonds. The van der Waals surface area contributed by atoms with Gasteiger partial charge in [-0.3, -0.25) is 4.79 Å². The largest absolute Gasteiger partial charge is 0.487 e. The highest BCUT2D eigenvalue weighted by Gasteiger charge is 2.14. The zero-order valence-corrected chi connectivity index (χ0v) is 11.6. The quantitative estimate of drug-likeness (QED) is 0.580. The molecule has 0 radical (unpaired) electrons. The van der Waals surface area contributed by atoms with Crippen LogP contribution in [-0.2, 0) is 4.79 Å². The fraction of sp³-hybridized carbons (Fsp3) is 0.533. The summed E-state index contributed by atoms with van der Waals surface area (Å²) in [5.74, 6) is 1.01. The van der Waals surface area contributed by atoms with Crippen molar-refractivity contribution in [3.8, 4) is 11.5 Å². The van der Waals surface area contributed by atoms with Crippen LogP contribution in [0.15, 0.2) is 24.3 Å². The molecule has 0 spiro atoms. The van der Waals surface area contributed by atoms with Gasteiger partial charge in [0.25, 0.3) is 0 Å². The van der Waals surface area contributed by atoms with E-state index in [-0.39, 0.29) is 19.2 Å². The lowest BCUT2D eigenvalue weighted by Crippen LogP contribution is -2.14. The number of hydrogen-bond acceptors (Lipinski definition) is 4. The van der Waals surface area contributed by atoms with Gasteiger partial charge in [-0.2, -0.15) is 0 Å². The molecule has 0 fully saturated rings. The maximum atomic E-state index is 11.8. The summed E-state index contributed by atoms with van der Waals surface area (Å²) in [6.45, 7) is 4.25. The number of esters is 1. The molecule has 0 unspecified atom stereocenters. The SMILES string of the molecule is CCC(CC)CC(=O)Oc1ccccc1OCCO. The molecule has 0 aliphatic heterocycles. The summed E-state index contributed by atoms with van der Waals surface area (Å²) >= 11 is 0. The second kappa shape index (κ2) is 8.53. The number of hydrogen-bond donors (Lipinski definition) is 1. The van der Waals surface area contributed by atoms with E-state index in [1.165, 1.54) is 0 Å². The van der Waals surface area contributed by atoms with E-state index in [0.717, 1.165) is 12.8 Å². The average molecular weight is 266 g/mol. The molecule has 0 aliphatic carbocycles. The third kappa shape index (κ3) is 5.30. The topological polar surface area (TPSA) is 55.8 Å². The summed E-state index contributed by atoms with van der Waals surface area (Å²) in [6.07, 6.45) is 2.35. The first kappa shape index (κ1) is 15.5. The van der Waals surface area contributed by atoms with E-state index in [1.54, 1.807) is 24.3 Å². The van der Waals surface area contributed by atoms with E-state index in [4.69, 9.17) is 14.6 Å². The zero-order chi connectivity index (χ0) is 14.1. The van der Waals surface area contributed by atoms with Gasteiger partial charge in [0, 0.05) is 6.42 Å². The molecule has 0 aromatic heterocycles. The van der Waals surface area contributed by atoms with E-state index in [1.807, 2.05) is 0 Å². The van der Waals surface area contributed by atoms with Crippen molar-refractivity contribution in [2.24, 2.45) is 5.92 Å². The average Bonchev–Trinajstić information content (AvgIpc) is 2.43. The first-order valence-electron chi connectivity index (χ1n) is 6.74. The van der Waals surface area contributed by atoms with Gasteiger partial charge in [0.2, 0.25) is 0 Å². The Kier molecular flexibility index (Phi) is 6.97. The van der Waals surface area contributed by atoms with Gasteiger partial charge in [0.15, 0.2) is 11.5 Å². The Hall–Kier alpha value is -1.55. The third-order valence-corrected chi connectivity index (χ3v) is 3.03. The summed E-state index contributed by atoms with van der Waals surface area (Å²) < 4.78 is 10.6. The molecule has 4 nitrogen and oxygen atoms in total. The highest BCUT2D eigenvalue weighted by molar-refractivity contribution is 5.73. The molecule has 0 bridgehead atoms. The highest BCUT2D eigenvalue weighted by atomic mass is 16.6. The molecule has 106 valence electrons. The van der Waals surface area contributed by atoms with Crippen LogP contribution in [0, 0.1) is 5.92 Å². The van der Waals surface area contributed by atoms with Crippen molar-refractivity contribution in [2.45, 2.75) is 33.1 Å². The molecule has 19 heavy (non-hydrogen) atoms. The summed E-state index contributed by atoms with van der Waals surface area (Å²) in [7, 11) is 0. The lowest BCUT2D eigenvalue weighted by atomic mass is 10.00. The van der Waals surface area contributed by atoms with Crippen LogP contribution in [0.2, 0.25) is 0 Å². The molecule has 4 heteroatoms. The fourth-order valence-corrected chi connectivity index (χ4v) is 1.79. The highest BCUT2D eigenvalue weighted by Crippen LogP contribution is 2.27. The summed E-state index contributed by atoms with van der Waals surface area (Å²) in [5, 5.41) is 8.75. The van der Waals surface area contributed by atoms with Gasteiger partial charge < -0.3 is 14.6 Å². The predicted octanol–water partition coefficient (Wildman–Crippen LogP) is 2.79. The maximum Gasteiger partial charge on any atom is 0.311 e. The molecule has 0 aliphatic rings. The number of carbonyl (C=O) groups excluding carboxylic acids is 1. The van der Waals surface area contributed by atoms with Gasteiger partial charge in [0.05, 0.1) is 6.61 Å². The molecule has 1 N–H and O–H groups in total. The van der Waals surface area contributed by atoms with Crippen LogP contribution in [0.25, 0.3) is 0 Å². The summed E-state index contributed by atoms with van der Waals surface area (Å²) in [6, 6.07) is 6.99. The Labute approximate surface area is 114 Å². The Balaban J connectivity index is 2.62. The number of para-hydroxylation sites is 2. The zero-order valence-electron chi connectivity index (χ0n) is 11.6. The van der Waals surface area contributed by atoms with Crippen LogP contribution in [0.4, 0.5) is 0 Å². The Morgan fingerprint density at radius 3 is 2.42 bits per heavy atom. The van der Waals surface area contributed by atoms with Crippen molar-refractivity contribution in [2.75, 3.05) is 13.2 Å². The monoisotopic (exact) mass is 266 g/mol. The molecule has 0 atom stereocenters. The minimum absolute atomic E-state index is 0.0734. The van der Waals surface area contributed by atoms with Crippen LogP contribution < -0.4 is 9.47 Å². The van der Waals surface area contributed by atoms with Gasteiger partial charge in [0.1, 0.15) is 6.61 Å². The maximum absolute atomic E-state index is 11.8. The van der Waals surface area contributed by atoms with Crippen LogP contribution in [0.1, 0.15) is 33.1 Å².